The van der Waals surface area contributed by atoms with Crippen molar-refractivity contribution in [3.8, 4) is 0 Å². The van der Waals surface area contributed by atoms with Gasteiger partial charge in [-0.05, 0) is 58.3 Å². The van der Waals surface area contributed by atoms with Crippen molar-refractivity contribution in [2.45, 2.75) is 59.0 Å². The smallest absolute Gasteiger partial charge is 0.0800 e. The average Bonchev–Trinajstić information content (AvgIpc) is 2.16. The van der Waals surface area contributed by atoms with Crippen LogP contribution in [0.15, 0.2) is 23.8 Å². The normalized spacial score (nSPS) is 31.2. The SMILES string of the molecule is CC(C)=CCC[C@H](C)[C@@H]1C=C[C@@](C)(O)CC1. The molecule has 0 aromatic heterocycles. The summed E-state index contributed by atoms with van der Waals surface area (Å²) in [6, 6.07) is 0. The zero-order chi connectivity index (χ0) is 12.2. The predicted octanol–water partition coefficient (Wildman–Crippen LogP) is 4.09. The van der Waals surface area contributed by atoms with Gasteiger partial charge in [0.25, 0.3) is 0 Å². The van der Waals surface area contributed by atoms with Crippen LogP contribution in [0.1, 0.15) is 53.4 Å². The fourth-order valence-electron chi connectivity index (χ4n) is 2.29. The monoisotopic (exact) mass is 222 g/mol. The summed E-state index contributed by atoms with van der Waals surface area (Å²) >= 11 is 0. The van der Waals surface area contributed by atoms with E-state index in [1.807, 2.05) is 13.0 Å². The molecule has 1 rings (SSSR count). The van der Waals surface area contributed by atoms with E-state index in [1.54, 1.807) is 0 Å². The second-order valence-electron chi connectivity index (χ2n) is 5.75. The number of allylic oxidation sites excluding steroid dienone is 3. The van der Waals surface area contributed by atoms with Gasteiger partial charge in [-0.2, -0.15) is 0 Å². The molecule has 92 valence electrons. The first kappa shape index (κ1) is 13.5. The molecule has 1 nitrogen and oxygen atoms in total. The number of rotatable bonds is 4. The Kier molecular flexibility index (Phi) is 4.79. The van der Waals surface area contributed by atoms with Gasteiger partial charge in [-0.25, -0.2) is 0 Å². The summed E-state index contributed by atoms with van der Waals surface area (Å²) in [5, 5.41) is 9.83. The quantitative estimate of drug-likeness (QED) is 0.710. The van der Waals surface area contributed by atoms with Crippen molar-refractivity contribution in [3.63, 3.8) is 0 Å². The van der Waals surface area contributed by atoms with Crippen LogP contribution in [0.5, 0.6) is 0 Å². The molecule has 0 fully saturated rings. The Labute approximate surface area is 100 Å². The van der Waals surface area contributed by atoms with Crippen molar-refractivity contribution in [2.75, 3.05) is 0 Å². The maximum absolute atomic E-state index is 9.83. The molecule has 1 aliphatic rings. The summed E-state index contributed by atoms with van der Waals surface area (Å²) in [5.41, 5.74) is 0.852. The lowest BCUT2D eigenvalue weighted by Gasteiger charge is -2.30. The van der Waals surface area contributed by atoms with Crippen molar-refractivity contribution < 1.29 is 5.11 Å². The molecule has 16 heavy (non-hydrogen) atoms. The third kappa shape index (κ3) is 4.52. The van der Waals surface area contributed by atoms with Crippen LogP contribution in [0.25, 0.3) is 0 Å². The zero-order valence-electron chi connectivity index (χ0n) is 11.2. The minimum absolute atomic E-state index is 0.559. The molecule has 3 atom stereocenters. The van der Waals surface area contributed by atoms with Gasteiger partial charge in [-0.1, -0.05) is 30.7 Å². The van der Waals surface area contributed by atoms with Crippen molar-refractivity contribution in [1.82, 2.24) is 0 Å². The largest absolute Gasteiger partial charge is 0.386 e. The molecule has 0 aromatic carbocycles. The molecule has 0 unspecified atom stereocenters. The van der Waals surface area contributed by atoms with E-state index >= 15 is 0 Å². The molecule has 0 saturated heterocycles. The molecule has 1 N–H and O–H groups in total. The van der Waals surface area contributed by atoms with Gasteiger partial charge in [-0.15, -0.1) is 0 Å². The van der Waals surface area contributed by atoms with Gasteiger partial charge in [0.15, 0.2) is 0 Å². The maximum atomic E-state index is 9.83. The second kappa shape index (κ2) is 5.67. The van der Waals surface area contributed by atoms with E-state index in [-0.39, 0.29) is 0 Å². The van der Waals surface area contributed by atoms with E-state index < -0.39 is 5.60 Å². The van der Waals surface area contributed by atoms with Gasteiger partial charge in [0.2, 0.25) is 0 Å². The zero-order valence-corrected chi connectivity index (χ0v) is 11.2. The molecule has 0 amide bonds. The van der Waals surface area contributed by atoms with Gasteiger partial charge in [-0.3, -0.25) is 0 Å². The highest BCUT2D eigenvalue weighted by Crippen LogP contribution is 2.31. The lowest BCUT2D eigenvalue weighted by Crippen LogP contribution is -2.27. The Morgan fingerprint density at radius 3 is 2.75 bits per heavy atom. The van der Waals surface area contributed by atoms with E-state index in [0.717, 1.165) is 18.8 Å². The van der Waals surface area contributed by atoms with Crippen LogP contribution in [0, 0.1) is 11.8 Å². The van der Waals surface area contributed by atoms with Crippen molar-refractivity contribution in [3.05, 3.63) is 23.8 Å². The molecular weight excluding hydrogens is 196 g/mol. The van der Waals surface area contributed by atoms with Crippen LogP contribution in [-0.2, 0) is 0 Å². The summed E-state index contributed by atoms with van der Waals surface area (Å²) < 4.78 is 0. The molecule has 0 aliphatic heterocycles. The average molecular weight is 222 g/mol. The molecule has 1 aliphatic carbocycles. The summed E-state index contributed by atoms with van der Waals surface area (Å²) in [6.45, 7) is 8.53. The summed E-state index contributed by atoms with van der Waals surface area (Å²) in [5.74, 6) is 1.38. The molecule has 0 spiro atoms. The third-order valence-electron chi connectivity index (χ3n) is 3.59. The maximum Gasteiger partial charge on any atom is 0.0800 e. The minimum atomic E-state index is -0.559. The predicted molar refractivity (Wildman–Crippen MR) is 70.3 cm³/mol. The molecule has 0 aromatic rings. The van der Waals surface area contributed by atoms with Gasteiger partial charge in [0, 0.05) is 0 Å². The summed E-state index contributed by atoms with van der Waals surface area (Å²) in [7, 11) is 0. The van der Waals surface area contributed by atoms with Gasteiger partial charge in [0.05, 0.1) is 5.60 Å². The Morgan fingerprint density at radius 1 is 1.56 bits per heavy atom. The standard InChI is InChI=1S/C15H26O/c1-12(2)6-5-7-13(3)14-8-10-15(4,16)11-9-14/h6,8,10,13-14,16H,5,7,9,11H2,1-4H3/t13-,14+,15+/m0/s1. The highest BCUT2D eigenvalue weighted by atomic mass is 16.3. The number of hydrogen-bond donors (Lipinski definition) is 1. The van der Waals surface area contributed by atoms with E-state index in [1.165, 1.54) is 18.4 Å². The highest BCUT2D eigenvalue weighted by Gasteiger charge is 2.25. The van der Waals surface area contributed by atoms with E-state index in [4.69, 9.17) is 0 Å². The van der Waals surface area contributed by atoms with E-state index in [2.05, 4.69) is 32.9 Å². The van der Waals surface area contributed by atoms with Crippen LogP contribution < -0.4 is 0 Å². The molecule has 0 bridgehead atoms. The first-order valence-electron chi connectivity index (χ1n) is 6.46. The topological polar surface area (TPSA) is 20.2 Å². The highest BCUT2D eigenvalue weighted by molar-refractivity contribution is 5.06. The van der Waals surface area contributed by atoms with Crippen LogP contribution >= 0.6 is 0 Å². The Bertz CT molecular complexity index is 269. The number of hydrogen-bond acceptors (Lipinski definition) is 1. The first-order chi connectivity index (χ1) is 7.41. The molecule has 0 radical (unpaired) electrons. The van der Waals surface area contributed by atoms with Crippen LogP contribution in [-0.4, -0.2) is 10.7 Å². The van der Waals surface area contributed by atoms with Gasteiger partial charge in [0.1, 0.15) is 0 Å². The lowest BCUT2D eigenvalue weighted by molar-refractivity contribution is 0.0833. The fourth-order valence-corrected chi connectivity index (χ4v) is 2.29. The minimum Gasteiger partial charge on any atom is -0.386 e. The molecule has 0 heterocycles. The summed E-state index contributed by atoms with van der Waals surface area (Å²) in [4.78, 5) is 0. The Hall–Kier alpha value is -0.560. The van der Waals surface area contributed by atoms with Crippen molar-refractivity contribution in [1.29, 1.82) is 0 Å². The summed E-state index contributed by atoms with van der Waals surface area (Å²) in [6.07, 6.45) is 11.0. The lowest BCUT2D eigenvalue weighted by atomic mass is 9.79. The van der Waals surface area contributed by atoms with Crippen LogP contribution in [0.2, 0.25) is 0 Å². The third-order valence-corrected chi connectivity index (χ3v) is 3.59. The fraction of sp³-hybridized carbons (Fsp3) is 0.733. The van der Waals surface area contributed by atoms with Crippen LogP contribution in [0.3, 0.4) is 0 Å². The van der Waals surface area contributed by atoms with Crippen molar-refractivity contribution >= 4 is 0 Å². The second-order valence-corrected chi connectivity index (χ2v) is 5.75. The molecule has 0 saturated carbocycles. The number of aliphatic hydroxyl groups is 1. The first-order valence-corrected chi connectivity index (χ1v) is 6.46. The molecule has 1 heteroatoms. The Balaban J connectivity index is 2.39. The van der Waals surface area contributed by atoms with Gasteiger partial charge >= 0.3 is 0 Å². The van der Waals surface area contributed by atoms with Crippen LogP contribution in [0.4, 0.5) is 0 Å². The van der Waals surface area contributed by atoms with E-state index in [0.29, 0.717) is 5.92 Å². The Morgan fingerprint density at radius 2 is 2.25 bits per heavy atom. The van der Waals surface area contributed by atoms with E-state index in [9.17, 15) is 5.11 Å². The molecular formula is C15H26O. The van der Waals surface area contributed by atoms with Gasteiger partial charge < -0.3 is 5.11 Å². The van der Waals surface area contributed by atoms with Crippen molar-refractivity contribution in [2.24, 2.45) is 11.8 Å².